The number of nitrogens with one attached hydrogen (secondary N) is 1. The number of hydrogen-bond acceptors (Lipinski definition) is 9. The third-order valence-corrected chi connectivity index (χ3v) is 5.43. The van der Waals surface area contributed by atoms with Crippen LogP contribution >= 0.6 is 0 Å². The maximum absolute atomic E-state index is 12.1. The molecule has 1 heterocycles. The molecule has 0 aliphatic heterocycles. The van der Waals surface area contributed by atoms with Crippen LogP contribution in [0.25, 0.3) is 10.9 Å². The molecule has 0 bridgehead atoms. The minimum Gasteiger partial charge on any atom is -0.505 e. The van der Waals surface area contributed by atoms with E-state index in [0.717, 1.165) is 0 Å². The van der Waals surface area contributed by atoms with E-state index in [0.29, 0.717) is 17.6 Å². The van der Waals surface area contributed by atoms with E-state index in [9.17, 15) is 31.8 Å². The second-order valence-electron chi connectivity index (χ2n) is 5.64. The molecular weight excluding hydrogens is 505 g/mol. The molecule has 3 rings (SSSR count). The van der Waals surface area contributed by atoms with Crippen LogP contribution < -0.4 is 35.1 Å². The summed E-state index contributed by atoms with van der Waals surface area (Å²) in [6.07, 6.45) is 0. The van der Waals surface area contributed by atoms with E-state index >= 15 is 0 Å². The van der Waals surface area contributed by atoms with Crippen molar-refractivity contribution in [2.24, 2.45) is 10.2 Å². The summed E-state index contributed by atoms with van der Waals surface area (Å²) in [7, 11) is -10.1. The average Bonchev–Trinajstić information content (AvgIpc) is 2.60. The third kappa shape index (κ3) is 5.72. The van der Waals surface area contributed by atoms with Crippen LogP contribution in [-0.2, 0) is 37.6 Å². The summed E-state index contributed by atoms with van der Waals surface area (Å²) in [5.74, 6) is -1.77. The average molecular weight is 516 g/mol. The zero-order chi connectivity index (χ0) is 21.6. The monoisotopic (exact) mass is 516 g/mol. The van der Waals surface area contributed by atoms with Crippen molar-refractivity contribution >= 4 is 42.5 Å². The molecule has 0 aliphatic carbocycles. The molecule has 0 saturated carbocycles. The van der Waals surface area contributed by atoms with Gasteiger partial charge in [0.05, 0.1) is 10.4 Å². The SMILES string of the molecule is O=c1[nH]c2ccccc2c(O)c1N=Nc1cc(S(=O)(=O)O)cc(S(=O)(=O)O)c1O.[Cr].[Na+]. The van der Waals surface area contributed by atoms with E-state index in [1.807, 2.05) is 0 Å². The Kier molecular flexibility index (Phi) is 8.59. The van der Waals surface area contributed by atoms with Crippen LogP contribution in [0.4, 0.5) is 11.4 Å². The topological polar surface area (TPSA) is 207 Å². The molecule has 0 fully saturated rings. The number of phenols is 1. The first-order valence-electron chi connectivity index (χ1n) is 7.47. The fourth-order valence-electron chi connectivity index (χ4n) is 2.40. The van der Waals surface area contributed by atoms with Crippen molar-refractivity contribution in [3.05, 3.63) is 46.8 Å². The van der Waals surface area contributed by atoms with E-state index in [1.165, 1.54) is 12.1 Å². The first-order valence-corrected chi connectivity index (χ1v) is 10.4. The van der Waals surface area contributed by atoms with E-state index in [-0.39, 0.29) is 52.3 Å². The Morgan fingerprint density at radius 2 is 1.48 bits per heavy atom. The Bertz CT molecular complexity index is 1450. The largest absolute Gasteiger partial charge is 1.00 e. The number of para-hydroxylation sites is 1. The number of benzene rings is 2. The predicted octanol–water partition coefficient (Wildman–Crippen LogP) is -1.15. The molecule has 16 heteroatoms. The third-order valence-electron chi connectivity index (χ3n) is 3.73. The Morgan fingerprint density at radius 1 is 0.871 bits per heavy atom. The number of nitrogens with zero attached hydrogens (tertiary/aromatic N) is 2. The molecule has 1 aromatic heterocycles. The molecular formula is C15H11CrN3NaO9S2+. The number of fused-ring (bicyclic) bond motifs is 1. The summed E-state index contributed by atoms with van der Waals surface area (Å²) in [5.41, 5.74) is -2.03. The second-order valence-corrected chi connectivity index (χ2v) is 8.45. The van der Waals surface area contributed by atoms with Gasteiger partial charge in [0.15, 0.2) is 17.2 Å². The summed E-state index contributed by atoms with van der Waals surface area (Å²) >= 11 is 0. The van der Waals surface area contributed by atoms with Crippen LogP contribution in [0.1, 0.15) is 0 Å². The fraction of sp³-hybridized carbons (Fsp3) is 0. The summed E-state index contributed by atoms with van der Waals surface area (Å²) in [6.45, 7) is 0. The maximum Gasteiger partial charge on any atom is 1.00 e. The fourth-order valence-corrected chi connectivity index (χ4v) is 3.63. The molecule has 31 heavy (non-hydrogen) atoms. The maximum atomic E-state index is 12.1. The quantitative estimate of drug-likeness (QED) is 0.161. The molecule has 0 aliphatic rings. The first kappa shape index (κ1) is 27.2. The standard InChI is InChI=1S/C15H11N3O9S2.Cr.Na/c19-13-8-3-1-2-4-9(8)16-15(21)12(13)18-17-10-5-7(28(22,23)24)6-11(14(10)20)29(25,26)27;;/h1-6,20H,(H2,16,19,21)(H,22,23,24)(H,25,26,27);;/q;;+1. The number of aromatic hydroxyl groups is 2. The summed E-state index contributed by atoms with van der Waals surface area (Å²) < 4.78 is 63.7. The second kappa shape index (κ2) is 9.78. The van der Waals surface area contributed by atoms with Gasteiger partial charge in [0, 0.05) is 22.7 Å². The number of azo groups is 1. The minimum atomic E-state index is -5.11. The number of hydrogen-bond donors (Lipinski definition) is 5. The van der Waals surface area contributed by atoms with Gasteiger partial charge in [0.1, 0.15) is 10.6 Å². The van der Waals surface area contributed by atoms with Crippen LogP contribution in [-0.4, -0.2) is 41.1 Å². The van der Waals surface area contributed by atoms with E-state index < -0.39 is 58.5 Å². The summed E-state index contributed by atoms with van der Waals surface area (Å²) in [6, 6.07) is 7.01. The summed E-state index contributed by atoms with van der Waals surface area (Å²) in [5, 5.41) is 27.3. The van der Waals surface area contributed by atoms with Crippen molar-refractivity contribution in [3.8, 4) is 11.5 Å². The van der Waals surface area contributed by atoms with Crippen molar-refractivity contribution in [1.29, 1.82) is 0 Å². The Morgan fingerprint density at radius 3 is 2.06 bits per heavy atom. The zero-order valence-electron chi connectivity index (χ0n) is 15.4. The number of pyridine rings is 1. The van der Waals surface area contributed by atoms with Crippen LogP contribution in [0.5, 0.6) is 11.5 Å². The Labute approximate surface area is 207 Å². The van der Waals surface area contributed by atoms with Gasteiger partial charge in [-0.1, -0.05) is 12.1 Å². The van der Waals surface area contributed by atoms with Crippen molar-refractivity contribution in [3.63, 3.8) is 0 Å². The number of phenolic OH excluding ortho intramolecular Hbond substituents is 1. The molecule has 0 radical (unpaired) electrons. The molecule has 158 valence electrons. The Balaban J connectivity index is 0.00000240. The Hall–Kier alpha value is -1.80. The molecule has 5 N–H and O–H groups in total. The van der Waals surface area contributed by atoms with Crippen LogP contribution in [0, 0.1) is 0 Å². The van der Waals surface area contributed by atoms with Crippen molar-refractivity contribution in [2.45, 2.75) is 9.79 Å². The number of aromatic amines is 1. The van der Waals surface area contributed by atoms with Crippen molar-refractivity contribution < 1.29 is 83.1 Å². The van der Waals surface area contributed by atoms with Gasteiger partial charge in [-0.05, 0) is 24.3 Å². The van der Waals surface area contributed by atoms with Gasteiger partial charge in [0.2, 0.25) is 0 Å². The minimum absolute atomic E-state index is 0. The zero-order valence-corrected chi connectivity index (χ0v) is 20.3. The number of aromatic nitrogens is 1. The molecule has 2 aromatic carbocycles. The molecule has 0 saturated heterocycles. The number of rotatable bonds is 4. The smallest absolute Gasteiger partial charge is 0.505 e. The van der Waals surface area contributed by atoms with Crippen LogP contribution in [0.3, 0.4) is 0 Å². The van der Waals surface area contributed by atoms with Gasteiger partial charge in [-0.15, -0.1) is 10.2 Å². The van der Waals surface area contributed by atoms with E-state index in [1.54, 1.807) is 12.1 Å². The van der Waals surface area contributed by atoms with Gasteiger partial charge >= 0.3 is 29.6 Å². The van der Waals surface area contributed by atoms with Gasteiger partial charge in [-0.25, -0.2) is 0 Å². The molecule has 12 nitrogen and oxygen atoms in total. The van der Waals surface area contributed by atoms with Crippen molar-refractivity contribution in [2.75, 3.05) is 0 Å². The normalized spacial score (nSPS) is 11.8. The van der Waals surface area contributed by atoms with Crippen molar-refractivity contribution in [1.82, 2.24) is 4.98 Å². The van der Waals surface area contributed by atoms with Gasteiger partial charge < -0.3 is 15.2 Å². The van der Waals surface area contributed by atoms with Crippen LogP contribution in [0.15, 0.2) is 61.2 Å². The number of H-pyrrole nitrogens is 1. The van der Waals surface area contributed by atoms with E-state index in [4.69, 9.17) is 9.11 Å². The molecule has 3 aromatic rings. The molecule has 0 amide bonds. The summed E-state index contributed by atoms with van der Waals surface area (Å²) in [4.78, 5) is 12.2. The first-order chi connectivity index (χ1) is 13.4. The molecule has 0 unspecified atom stereocenters. The molecule has 0 atom stereocenters. The van der Waals surface area contributed by atoms with Gasteiger partial charge in [-0.3, -0.25) is 13.9 Å². The van der Waals surface area contributed by atoms with Gasteiger partial charge in [-0.2, -0.15) is 16.8 Å². The predicted molar refractivity (Wildman–Crippen MR) is 98.1 cm³/mol. The van der Waals surface area contributed by atoms with Gasteiger partial charge in [0.25, 0.3) is 25.8 Å². The molecule has 0 spiro atoms. The van der Waals surface area contributed by atoms with Crippen LogP contribution in [0.2, 0.25) is 0 Å². The van der Waals surface area contributed by atoms with E-state index in [2.05, 4.69) is 15.2 Å².